The molecule has 1 fully saturated rings. The summed E-state index contributed by atoms with van der Waals surface area (Å²) in [6.45, 7) is 0. The topological polar surface area (TPSA) is 53.2 Å². The molecule has 0 unspecified atom stereocenters. The molecule has 0 spiro atoms. The lowest BCUT2D eigenvalue weighted by Crippen LogP contribution is -2.36. The summed E-state index contributed by atoms with van der Waals surface area (Å²) in [5.74, 6) is 0.294. The van der Waals surface area contributed by atoms with E-state index in [0.717, 1.165) is 31.4 Å². The van der Waals surface area contributed by atoms with Crippen LogP contribution < -0.4 is 0 Å². The first-order chi connectivity index (χ1) is 9.05. The number of nitrogens with one attached hydrogen (secondary N) is 1. The van der Waals surface area contributed by atoms with Crippen molar-refractivity contribution in [2.75, 3.05) is 7.05 Å². The minimum Gasteiger partial charge on any atom is -0.363 e. The van der Waals surface area contributed by atoms with Crippen LogP contribution in [0.2, 0.25) is 0 Å². The summed E-state index contributed by atoms with van der Waals surface area (Å²) in [6.07, 6.45) is 8.11. The summed E-state index contributed by atoms with van der Waals surface area (Å²) in [4.78, 5) is 3.21. The highest BCUT2D eigenvalue weighted by molar-refractivity contribution is 7.89. The van der Waals surface area contributed by atoms with Gasteiger partial charge in [0.2, 0.25) is 10.0 Å². The van der Waals surface area contributed by atoms with Crippen LogP contribution in [0.15, 0.2) is 17.2 Å². The predicted molar refractivity (Wildman–Crippen MR) is 76.8 cm³/mol. The van der Waals surface area contributed by atoms with E-state index in [1.165, 1.54) is 19.0 Å². The van der Waals surface area contributed by atoms with Gasteiger partial charge < -0.3 is 4.98 Å². The number of aromatic amines is 1. The van der Waals surface area contributed by atoms with Crippen LogP contribution in [0.3, 0.4) is 0 Å². The van der Waals surface area contributed by atoms with Gasteiger partial charge in [-0.2, -0.15) is 4.31 Å². The molecule has 1 heterocycles. The molecule has 0 atom stereocenters. The van der Waals surface area contributed by atoms with Crippen LogP contribution in [0.25, 0.3) is 0 Å². The van der Waals surface area contributed by atoms with Gasteiger partial charge in [-0.25, -0.2) is 8.42 Å². The second-order valence-corrected chi connectivity index (χ2v) is 7.43. The van der Waals surface area contributed by atoms with Crippen molar-refractivity contribution < 1.29 is 8.42 Å². The van der Waals surface area contributed by atoms with E-state index in [4.69, 9.17) is 11.6 Å². The zero-order chi connectivity index (χ0) is 13.9. The first kappa shape index (κ1) is 14.9. The Kier molecular flexibility index (Phi) is 4.92. The highest BCUT2D eigenvalue weighted by Crippen LogP contribution is 2.26. The lowest BCUT2D eigenvalue weighted by molar-refractivity contribution is 0.336. The summed E-state index contributed by atoms with van der Waals surface area (Å²) < 4.78 is 26.6. The Balaban J connectivity index is 2.17. The van der Waals surface area contributed by atoms with E-state index in [1.54, 1.807) is 17.4 Å². The number of halogens is 1. The van der Waals surface area contributed by atoms with Gasteiger partial charge in [0.05, 0.1) is 10.8 Å². The van der Waals surface area contributed by atoms with Gasteiger partial charge in [0.25, 0.3) is 0 Å². The van der Waals surface area contributed by atoms with Gasteiger partial charge in [0.15, 0.2) is 0 Å². The molecule has 2 rings (SSSR count). The SMILES string of the molecule is CN(C1CCCCCC1)S(=O)(=O)c1c[nH]c(CCl)c1. The smallest absolute Gasteiger partial charge is 0.244 e. The van der Waals surface area contributed by atoms with Crippen molar-refractivity contribution in [3.8, 4) is 0 Å². The summed E-state index contributed by atoms with van der Waals surface area (Å²) in [5.41, 5.74) is 0.731. The number of hydrogen-bond acceptors (Lipinski definition) is 2. The lowest BCUT2D eigenvalue weighted by Gasteiger charge is -2.25. The average molecular weight is 305 g/mol. The van der Waals surface area contributed by atoms with Gasteiger partial charge in [0.1, 0.15) is 0 Å². The van der Waals surface area contributed by atoms with Crippen LogP contribution in [-0.4, -0.2) is 30.8 Å². The highest BCUT2D eigenvalue weighted by Gasteiger charge is 2.29. The molecule has 0 aromatic carbocycles. The largest absolute Gasteiger partial charge is 0.363 e. The van der Waals surface area contributed by atoms with Crippen LogP contribution in [0.5, 0.6) is 0 Å². The summed E-state index contributed by atoms with van der Waals surface area (Å²) in [7, 11) is -1.71. The summed E-state index contributed by atoms with van der Waals surface area (Å²) in [6, 6.07) is 1.75. The van der Waals surface area contributed by atoms with Crippen molar-refractivity contribution in [2.45, 2.75) is 55.3 Å². The number of H-pyrrole nitrogens is 1. The summed E-state index contributed by atoms with van der Waals surface area (Å²) in [5, 5.41) is 0. The molecule has 108 valence electrons. The third kappa shape index (κ3) is 3.33. The number of aromatic nitrogens is 1. The molecule has 1 aromatic rings. The van der Waals surface area contributed by atoms with Crippen molar-refractivity contribution >= 4 is 21.6 Å². The second kappa shape index (κ2) is 6.29. The van der Waals surface area contributed by atoms with Gasteiger partial charge in [-0.05, 0) is 18.9 Å². The average Bonchev–Trinajstić information content (AvgIpc) is 2.74. The molecule has 0 amide bonds. The van der Waals surface area contributed by atoms with Crippen molar-refractivity contribution in [3.63, 3.8) is 0 Å². The summed E-state index contributed by atoms with van der Waals surface area (Å²) >= 11 is 5.70. The number of sulfonamides is 1. The Labute approximate surface area is 120 Å². The van der Waals surface area contributed by atoms with E-state index in [2.05, 4.69) is 4.98 Å². The van der Waals surface area contributed by atoms with Crippen LogP contribution in [0.1, 0.15) is 44.2 Å². The van der Waals surface area contributed by atoms with Crippen molar-refractivity contribution in [1.82, 2.24) is 9.29 Å². The Morgan fingerprint density at radius 2 is 1.95 bits per heavy atom. The maximum absolute atomic E-state index is 12.5. The predicted octanol–water partition coefficient (Wildman–Crippen LogP) is 3.10. The van der Waals surface area contributed by atoms with Gasteiger partial charge in [-0.3, -0.25) is 0 Å². The highest BCUT2D eigenvalue weighted by atomic mass is 35.5. The molecular formula is C13H21ClN2O2S. The normalized spacial score (nSPS) is 18.7. The van der Waals surface area contributed by atoms with Crippen molar-refractivity contribution in [3.05, 3.63) is 18.0 Å². The maximum atomic E-state index is 12.5. The van der Waals surface area contributed by atoms with E-state index in [1.807, 2.05) is 0 Å². The zero-order valence-corrected chi connectivity index (χ0v) is 12.8. The van der Waals surface area contributed by atoms with Gasteiger partial charge >= 0.3 is 0 Å². The standard InChI is InChI=1S/C13H21ClN2O2S/c1-16(12-6-4-2-3-5-7-12)19(17,18)13-8-11(9-14)15-10-13/h8,10,12,15H,2-7,9H2,1H3. The first-order valence-electron chi connectivity index (χ1n) is 6.77. The fourth-order valence-corrected chi connectivity index (χ4v) is 4.22. The van der Waals surface area contributed by atoms with E-state index in [-0.39, 0.29) is 6.04 Å². The van der Waals surface area contributed by atoms with Gasteiger partial charge in [-0.1, -0.05) is 25.7 Å². The van der Waals surface area contributed by atoms with Gasteiger partial charge in [-0.15, -0.1) is 11.6 Å². The molecular weight excluding hydrogens is 284 g/mol. The number of nitrogens with zero attached hydrogens (tertiary/aromatic N) is 1. The molecule has 1 aliphatic carbocycles. The Bertz CT molecular complexity index is 504. The third-order valence-corrected chi connectivity index (χ3v) is 6.05. The van der Waals surface area contributed by atoms with E-state index < -0.39 is 10.0 Å². The lowest BCUT2D eigenvalue weighted by atomic mass is 10.1. The molecule has 1 aromatic heterocycles. The van der Waals surface area contributed by atoms with E-state index >= 15 is 0 Å². The number of alkyl halides is 1. The minimum absolute atomic E-state index is 0.127. The zero-order valence-electron chi connectivity index (χ0n) is 11.2. The maximum Gasteiger partial charge on any atom is 0.244 e. The Hall–Kier alpha value is -0.520. The molecule has 19 heavy (non-hydrogen) atoms. The second-order valence-electron chi connectivity index (χ2n) is 5.16. The quantitative estimate of drug-likeness (QED) is 0.686. The molecule has 1 aliphatic rings. The van der Waals surface area contributed by atoms with Crippen LogP contribution in [0.4, 0.5) is 0 Å². The van der Waals surface area contributed by atoms with E-state index in [9.17, 15) is 8.42 Å². The molecule has 0 radical (unpaired) electrons. The van der Waals surface area contributed by atoms with Crippen LogP contribution in [-0.2, 0) is 15.9 Å². The molecule has 0 aliphatic heterocycles. The number of hydrogen-bond donors (Lipinski definition) is 1. The molecule has 0 saturated heterocycles. The van der Waals surface area contributed by atoms with E-state index in [0.29, 0.717) is 10.8 Å². The van der Waals surface area contributed by atoms with Crippen molar-refractivity contribution in [1.29, 1.82) is 0 Å². The third-order valence-electron chi connectivity index (χ3n) is 3.88. The molecule has 1 saturated carbocycles. The fraction of sp³-hybridized carbons (Fsp3) is 0.692. The Morgan fingerprint density at radius 3 is 2.47 bits per heavy atom. The van der Waals surface area contributed by atoms with Crippen LogP contribution >= 0.6 is 11.6 Å². The fourth-order valence-electron chi connectivity index (χ4n) is 2.63. The first-order valence-corrected chi connectivity index (χ1v) is 8.74. The molecule has 4 nitrogen and oxygen atoms in total. The minimum atomic E-state index is -3.40. The molecule has 1 N–H and O–H groups in total. The Morgan fingerprint density at radius 1 is 1.32 bits per heavy atom. The van der Waals surface area contributed by atoms with Gasteiger partial charge in [0, 0.05) is 25.0 Å². The molecule has 0 bridgehead atoms. The van der Waals surface area contributed by atoms with Crippen LogP contribution in [0, 0.1) is 0 Å². The monoisotopic (exact) mass is 304 g/mol. The molecule has 6 heteroatoms. The van der Waals surface area contributed by atoms with Crippen molar-refractivity contribution in [2.24, 2.45) is 0 Å². The number of rotatable bonds is 4.